The number of pyridine rings is 1. The Bertz CT molecular complexity index is 1200. The van der Waals surface area contributed by atoms with E-state index in [1.807, 2.05) is 37.4 Å². The Morgan fingerprint density at radius 2 is 1.87 bits per heavy atom. The van der Waals surface area contributed by atoms with Gasteiger partial charge in [0.2, 0.25) is 0 Å². The minimum Gasteiger partial charge on any atom is -0.302 e. The lowest BCUT2D eigenvalue weighted by molar-refractivity contribution is 0.0977. The molecular weight excluding hydrogens is 437 g/mol. The van der Waals surface area contributed by atoms with E-state index in [9.17, 15) is 9.18 Å². The van der Waals surface area contributed by atoms with Crippen LogP contribution >= 0.6 is 23.7 Å². The molecule has 0 spiro atoms. The fraction of sp³-hybridized carbons (Fsp3) is 0.318. The lowest BCUT2D eigenvalue weighted by Crippen LogP contribution is -2.39. The standard InChI is InChI=1S/C22H24FN5OS.ClH/c1-4-26(5-2)13-14-28(22-25-19-16(23)9-8-10-17(19)30-22)21(29)20-15(3)24-18-11-6-7-12-27(18)20;/h6-12H,4-5,13-14H2,1-3H3;1H. The van der Waals surface area contributed by atoms with E-state index in [2.05, 4.69) is 28.7 Å². The molecular formula is C22H25ClFN5OS. The minimum atomic E-state index is -0.378. The molecule has 0 fully saturated rings. The van der Waals surface area contributed by atoms with Crippen molar-refractivity contribution in [1.29, 1.82) is 0 Å². The molecule has 9 heteroatoms. The fourth-order valence-electron chi connectivity index (χ4n) is 3.58. The Morgan fingerprint density at radius 1 is 1.10 bits per heavy atom. The molecule has 3 aromatic heterocycles. The van der Waals surface area contributed by atoms with Gasteiger partial charge in [-0.25, -0.2) is 14.4 Å². The molecule has 4 aromatic rings. The third-order valence-corrected chi connectivity index (χ3v) is 6.32. The molecule has 1 aromatic carbocycles. The predicted octanol–water partition coefficient (Wildman–Crippen LogP) is 4.80. The molecule has 0 bridgehead atoms. The molecule has 0 atom stereocenters. The number of anilines is 1. The Hall–Kier alpha value is -2.55. The van der Waals surface area contributed by atoms with Gasteiger partial charge < -0.3 is 4.90 Å². The number of thiazole rings is 1. The zero-order valence-electron chi connectivity index (χ0n) is 17.7. The van der Waals surface area contributed by atoms with Crippen molar-refractivity contribution >= 4 is 50.6 Å². The SMILES string of the molecule is CCN(CC)CCN(C(=O)c1c(C)nc2ccccn12)c1nc2c(F)cccc2s1.Cl. The summed E-state index contributed by atoms with van der Waals surface area (Å²) in [6, 6.07) is 10.5. The first-order chi connectivity index (χ1) is 14.5. The fourth-order valence-corrected chi connectivity index (χ4v) is 4.59. The second-order valence-corrected chi connectivity index (χ2v) is 8.05. The van der Waals surface area contributed by atoms with Gasteiger partial charge in [-0.05, 0) is 44.3 Å². The maximum Gasteiger partial charge on any atom is 0.279 e. The van der Waals surface area contributed by atoms with Crippen LogP contribution in [0, 0.1) is 12.7 Å². The number of likely N-dealkylation sites (N-methyl/N-ethyl adjacent to an activating group) is 1. The second kappa shape index (κ2) is 9.72. The van der Waals surface area contributed by atoms with Crippen molar-refractivity contribution < 1.29 is 9.18 Å². The van der Waals surface area contributed by atoms with E-state index in [0.717, 1.165) is 23.4 Å². The smallest absolute Gasteiger partial charge is 0.279 e. The highest BCUT2D eigenvalue weighted by molar-refractivity contribution is 7.22. The number of amides is 1. The number of imidazole rings is 1. The van der Waals surface area contributed by atoms with Crippen LogP contribution in [0.2, 0.25) is 0 Å². The number of halogens is 2. The molecule has 164 valence electrons. The number of aromatic nitrogens is 3. The number of carbonyl (C=O) groups excluding carboxylic acids is 1. The zero-order valence-corrected chi connectivity index (χ0v) is 19.3. The predicted molar refractivity (Wildman–Crippen MR) is 126 cm³/mol. The summed E-state index contributed by atoms with van der Waals surface area (Å²) in [5, 5.41) is 0.498. The average molecular weight is 462 g/mol. The summed E-state index contributed by atoms with van der Waals surface area (Å²) in [5.41, 5.74) is 2.18. The molecule has 31 heavy (non-hydrogen) atoms. The van der Waals surface area contributed by atoms with Crippen molar-refractivity contribution in [3.05, 3.63) is 59.8 Å². The van der Waals surface area contributed by atoms with Crippen LogP contribution in [0.1, 0.15) is 30.0 Å². The van der Waals surface area contributed by atoms with Crippen LogP contribution in [0.25, 0.3) is 15.9 Å². The van der Waals surface area contributed by atoms with Crippen molar-refractivity contribution in [3.8, 4) is 0 Å². The zero-order chi connectivity index (χ0) is 21.3. The van der Waals surface area contributed by atoms with Crippen LogP contribution < -0.4 is 4.90 Å². The van der Waals surface area contributed by atoms with Gasteiger partial charge in [-0.15, -0.1) is 12.4 Å². The molecule has 0 aliphatic heterocycles. The summed E-state index contributed by atoms with van der Waals surface area (Å²) in [4.78, 5) is 26.6. The molecule has 3 heterocycles. The topological polar surface area (TPSA) is 53.7 Å². The molecule has 0 saturated heterocycles. The van der Waals surface area contributed by atoms with E-state index in [-0.39, 0.29) is 24.1 Å². The number of para-hydroxylation sites is 1. The maximum atomic E-state index is 14.3. The first kappa shape index (κ1) is 23.1. The Kier molecular flexibility index (Phi) is 7.25. The normalized spacial score (nSPS) is 11.3. The highest BCUT2D eigenvalue weighted by atomic mass is 35.5. The van der Waals surface area contributed by atoms with Gasteiger partial charge in [0, 0.05) is 19.3 Å². The van der Waals surface area contributed by atoms with E-state index >= 15 is 0 Å². The summed E-state index contributed by atoms with van der Waals surface area (Å²) in [5.74, 6) is -0.560. The van der Waals surface area contributed by atoms with Crippen molar-refractivity contribution in [3.63, 3.8) is 0 Å². The Labute approximate surface area is 190 Å². The first-order valence-electron chi connectivity index (χ1n) is 10.1. The number of benzene rings is 1. The third kappa shape index (κ3) is 4.42. The van der Waals surface area contributed by atoms with Crippen LogP contribution in [-0.2, 0) is 0 Å². The maximum absolute atomic E-state index is 14.3. The lowest BCUT2D eigenvalue weighted by atomic mass is 10.3. The summed E-state index contributed by atoms with van der Waals surface area (Å²) >= 11 is 1.33. The molecule has 1 amide bonds. The molecule has 6 nitrogen and oxygen atoms in total. The summed E-state index contributed by atoms with van der Waals surface area (Å²) in [6.45, 7) is 8.97. The molecule has 0 aliphatic carbocycles. The number of fused-ring (bicyclic) bond motifs is 2. The largest absolute Gasteiger partial charge is 0.302 e. The molecule has 0 saturated carbocycles. The molecule has 0 N–H and O–H groups in total. The van der Waals surface area contributed by atoms with Crippen LogP contribution in [0.4, 0.5) is 9.52 Å². The van der Waals surface area contributed by atoms with Gasteiger partial charge in [0.15, 0.2) is 5.13 Å². The number of carbonyl (C=O) groups is 1. The lowest BCUT2D eigenvalue weighted by Gasteiger charge is -2.24. The Balaban J connectivity index is 0.00000272. The molecule has 4 rings (SSSR count). The van der Waals surface area contributed by atoms with E-state index in [1.165, 1.54) is 17.4 Å². The molecule has 0 unspecified atom stereocenters. The second-order valence-electron chi connectivity index (χ2n) is 7.04. The van der Waals surface area contributed by atoms with Gasteiger partial charge in [-0.3, -0.25) is 14.1 Å². The van der Waals surface area contributed by atoms with E-state index in [0.29, 0.717) is 35.1 Å². The number of rotatable bonds is 7. The van der Waals surface area contributed by atoms with Gasteiger partial charge in [0.1, 0.15) is 22.7 Å². The van der Waals surface area contributed by atoms with Gasteiger partial charge in [0.05, 0.1) is 10.4 Å². The van der Waals surface area contributed by atoms with Crippen molar-refractivity contribution in [2.75, 3.05) is 31.1 Å². The highest BCUT2D eigenvalue weighted by Gasteiger charge is 2.26. The summed E-state index contributed by atoms with van der Waals surface area (Å²) in [7, 11) is 0. The van der Waals surface area contributed by atoms with Crippen LogP contribution in [0.5, 0.6) is 0 Å². The molecule has 0 radical (unpaired) electrons. The number of hydrogen-bond acceptors (Lipinski definition) is 5. The van der Waals surface area contributed by atoms with Crippen molar-refractivity contribution in [2.24, 2.45) is 0 Å². The van der Waals surface area contributed by atoms with E-state index < -0.39 is 0 Å². The van der Waals surface area contributed by atoms with Gasteiger partial charge in [-0.1, -0.05) is 37.3 Å². The number of aryl methyl sites for hydroxylation is 1. The monoisotopic (exact) mass is 461 g/mol. The van der Waals surface area contributed by atoms with Crippen LogP contribution in [-0.4, -0.2) is 51.4 Å². The minimum absolute atomic E-state index is 0. The van der Waals surface area contributed by atoms with Crippen LogP contribution in [0.3, 0.4) is 0 Å². The summed E-state index contributed by atoms with van der Waals surface area (Å²) < 4.78 is 16.8. The first-order valence-corrected chi connectivity index (χ1v) is 10.9. The van der Waals surface area contributed by atoms with Crippen molar-refractivity contribution in [2.45, 2.75) is 20.8 Å². The van der Waals surface area contributed by atoms with Gasteiger partial charge in [-0.2, -0.15) is 0 Å². The number of hydrogen-bond donors (Lipinski definition) is 0. The average Bonchev–Trinajstić information content (AvgIpc) is 3.32. The van der Waals surface area contributed by atoms with E-state index in [4.69, 9.17) is 0 Å². The van der Waals surface area contributed by atoms with Crippen LogP contribution in [0.15, 0.2) is 42.6 Å². The summed E-state index contributed by atoms with van der Waals surface area (Å²) in [6.07, 6.45) is 1.84. The Morgan fingerprint density at radius 3 is 2.58 bits per heavy atom. The van der Waals surface area contributed by atoms with E-state index in [1.54, 1.807) is 15.4 Å². The van der Waals surface area contributed by atoms with Gasteiger partial charge >= 0.3 is 0 Å². The van der Waals surface area contributed by atoms with Gasteiger partial charge in [0.25, 0.3) is 5.91 Å². The highest BCUT2D eigenvalue weighted by Crippen LogP contribution is 2.31. The molecule has 0 aliphatic rings. The van der Waals surface area contributed by atoms with Crippen molar-refractivity contribution in [1.82, 2.24) is 19.3 Å². The third-order valence-electron chi connectivity index (χ3n) is 5.28. The quantitative estimate of drug-likeness (QED) is 0.396. The number of nitrogens with zero attached hydrogens (tertiary/aromatic N) is 5.